The molecule has 2 N–H and O–H groups in total. The quantitative estimate of drug-likeness (QED) is 0.728. The van der Waals surface area contributed by atoms with Crippen molar-refractivity contribution in [2.75, 3.05) is 6.54 Å². The molecule has 1 aromatic carbocycles. The van der Waals surface area contributed by atoms with Gasteiger partial charge >= 0.3 is 0 Å². The number of phenolic OH excluding ortho intramolecular Hbond substituents is 1. The molecule has 90 valence electrons. The van der Waals surface area contributed by atoms with Gasteiger partial charge in [-0.15, -0.1) is 0 Å². The summed E-state index contributed by atoms with van der Waals surface area (Å²) in [6, 6.07) is 5.66. The third-order valence-corrected chi connectivity index (χ3v) is 3.82. The number of phenols is 1. The molecule has 1 aliphatic rings. The Balaban J connectivity index is 2.41. The van der Waals surface area contributed by atoms with Gasteiger partial charge in [-0.05, 0) is 38.0 Å². The van der Waals surface area contributed by atoms with Gasteiger partial charge in [-0.25, -0.2) is 0 Å². The molecule has 2 heterocycles. The van der Waals surface area contributed by atoms with E-state index in [2.05, 4.69) is 30.8 Å². The molecule has 1 aliphatic heterocycles. The molecule has 1 aromatic heterocycles. The van der Waals surface area contributed by atoms with Gasteiger partial charge in [0.05, 0.1) is 11.1 Å². The first-order chi connectivity index (χ1) is 8.00. The van der Waals surface area contributed by atoms with Crippen molar-refractivity contribution in [1.82, 2.24) is 9.88 Å². The van der Waals surface area contributed by atoms with Crippen LogP contribution < -0.4 is 5.32 Å². The smallest absolute Gasteiger partial charge is 0.117 e. The van der Waals surface area contributed by atoms with Crippen LogP contribution in [0, 0.1) is 0 Å². The van der Waals surface area contributed by atoms with Crippen molar-refractivity contribution in [3.63, 3.8) is 0 Å². The number of benzene rings is 1. The lowest BCUT2D eigenvalue weighted by Crippen LogP contribution is -2.43. The maximum absolute atomic E-state index is 9.62. The van der Waals surface area contributed by atoms with E-state index in [-0.39, 0.29) is 5.54 Å². The zero-order chi connectivity index (χ0) is 12.2. The van der Waals surface area contributed by atoms with Crippen molar-refractivity contribution in [2.45, 2.75) is 25.8 Å². The van der Waals surface area contributed by atoms with E-state index in [1.165, 1.54) is 16.6 Å². The van der Waals surface area contributed by atoms with Gasteiger partial charge in [0, 0.05) is 30.7 Å². The molecule has 0 saturated carbocycles. The Morgan fingerprint density at radius 2 is 2.12 bits per heavy atom. The molecule has 0 fully saturated rings. The van der Waals surface area contributed by atoms with E-state index >= 15 is 0 Å². The van der Waals surface area contributed by atoms with Crippen LogP contribution in [0.25, 0.3) is 10.9 Å². The molecule has 0 bridgehead atoms. The molecule has 0 saturated heterocycles. The zero-order valence-corrected chi connectivity index (χ0v) is 10.5. The minimum Gasteiger partial charge on any atom is -0.508 e. The fraction of sp³-hybridized carbons (Fsp3) is 0.429. The Hall–Kier alpha value is -1.48. The SMILES string of the molecule is Cn1c2c(c3ccc(O)cc31)CCNC2(C)C. The molecule has 0 spiro atoms. The van der Waals surface area contributed by atoms with Crippen molar-refractivity contribution < 1.29 is 5.11 Å². The summed E-state index contributed by atoms with van der Waals surface area (Å²) in [5.41, 5.74) is 3.87. The maximum atomic E-state index is 9.62. The lowest BCUT2D eigenvalue weighted by Gasteiger charge is -2.33. The molecule has 2 aromatic rings. The second-order valence-corrected chi connectivity index (χ2v) is 5.39. The summed E-state index contributed by atoms with van der Waals surface area (Å²) in [4.78, 5) is 0. The normalized spacial score (nSPS) is 18.3. The summed E-state index contributed by atoms with van der Waals surface area (Å²) >= 11 is 0. The topological polar surface area (TPSA) is 37.2 Å². The minimum atomic E-state index is -0.00300. The van der Waals surface area contributed by atoms with Crippen LogP contribution >= 0.6 is 0 Å². The van der Waals surface area contributed by atoms with Crippen molar-refractivity contribution in [2.24, 2.45) is 7.05 Å². The van der Waals surface area contributed by atoms with Crippen molar-refractivity contribution >= 4 is 10.9 Å². The van der Waals surface area contributed by atoms with Crippen LogP contribution in [-0.4, -0.2) is 16.2 Å². The second-order valence-electron chi connectivity index (χ2n) is 5.39. The van der Waals surface area contributed by atoms with Gasteiger partial charge in [0.15, 0.2) is 0 Å². The number of hydrogen-bond donors (Lipinski definition) is 2. The third kappa shape index (κ3) is 1.39. The third-order valence-electron chi connectivity index (χ3n) is 3.82. The Morgan fingerprint density at radius 1 is 1.35 bits per heavy atom. The molecule has 3 nitrogen and oxygen atoms in total. The number of aryl methyl sites for hydroxylation is 1. The average molecular weight is 230 g/mol. The molecular weight excluding hydrogens is 212 g/mol. The Bertz CT molecular complexity index is 596. The van der Waals surface area contributed by atoms with Gasteiger partial charge in [-0.1, -0.05) is 0 Å². The van der Waals surface area contributed by atoms with Crippen LogP contribution in [0.1, 0.15) is 25.1 Å². The van der Waals surface area contributed by atoms with E-state index < -0.39 is 0 Å². The van der Waals surface area contributed by atoms with E-state index in [9.17, 15) is 5.11 Å². The highest BCUT2D eigenvalue weighted by molar-refractivity contribution is 5.87. The molecule has 17 heavy (non-hydrogen) atoms. The molecule has 0 atom stereocenters. The highest BCUT2D eigenvalue weighted by Gasteiger charge is 2.31. The predicted octanol–water partition coefficient (Wildman–Crippen LogP) is 2.26. The predicted molar refractivity (Wildman–Crippen MR) is 69.3 cm³/mol. The van der Waals surface area contributed by atoms with Gasteiger partial charge in [0.1, 0.15) is 5.75 Å². The van der Waals surface area contributed by atoms with E-state index in [1.54, 1.807) is 6.07 Å². The monoisotopic (exact) mass is 230 g/mol. The number of aromatic hydroxyl groups is 1. The van der Waals surface area contributed by atoms with Crippen LogP contribution in [0.2, 0.25) is 0 Å². The van der Waals surface area contributed by atoms with Gasteiger partial charge in [0.2, 0.25) is 0 Å². The lowest BCUT2D eigenvalue weighted by atomic mass is 9.90. The number of nitrogens with zero attached hydrogens (tertiary/aromatic N) is 1. The fourth-order valence-electron chi connectivity index (χ4n) is 3.14. The first kappa shape index (κ1) is 10.7. The van der Waals surface area contributed by atoms with E-state index in [0.29, 0.717) is 5.75 Å². The van der Waals surface area contributed by atoms with Crippen LogP contribution in [0.15, 0.2) is 18.2 Å². The summed E-state index contributed by atoms with van der Waals surface area (Å²) in [7, 11) is 2.08. The number of fused-ring (bicyclic) bond motifs is 3. The summed E-state index contributed by atoms with van der Waals surface area (Å²) in [5, 5.41) is 14.4. The number of hydrogen-bond acceptors (Lipinski definition) is 2. The number of rotatable bonds is 0. The first-order valence-electron chi connectivity index (χ1n) is 6.06. The summed E-state index contributed by atoms with van der Waals surface area (Å²) < 4.78 is 2.20. The highest BCUT2D eigenvalue weighted by atomic mass is 16.3. The van der Waals surface area contributed by atoms with Crippen molar-refractivity contribution in [3.05, 3.63) is 29.5 Å². The van der Waals surface area contributed by atoms with Gasteiger partial charge in [0.25, 0.3) is 0 Å². The molecule has 0 aliphatic carbocycles. The van der Waals surface area contributed by atoms with Crippen molar-refractivity contribution in [3.8, 4) is 5.75 Å². The molecule has 0 amide bonds. The number of aromatic nitrogens is 1. The standard InChI is InChI=1S/C14H18N2O/c1-14(2)13-11(6-7-15-14)10-5-4-9(17)8-12(10)16(13)3/h4-5,8,15,17H,6-7H2,1-3H3. The van der Waals surface area contributed by atoms with E-state index in [0.717, 1.165) is 18.5 Å². The molecule has 3 heteroatoms. The molecular formula is C14H18N2O. The summed E-state index contributed by atoms with van der Waals surface area (Å²) in [5.74, 6) is 0.334. The summed E-state index contributed by atoms with van der Waals surface area (Å²) in [6.45, 7) is 5.44. The van der Waals surface area contributed by atoms with Gasteiger partial charge in [-0.2, -0.15) is 0 Å². The zero-order valence-electron chi connectivity index (χ0n) is 10.5. The second kappa shape index (κ2) is 3.26. The first-order valence-corrected chi connectivity index (χ1v) is 6.06. The van der Waals surface area contributed by atoms with Crippen LogP contribution in [0.4, 0.5) is 0 Å². The van der Waals surface area contributed by atoms with Crippen LogP contribution in [0.3, 0.4) is 0 Å². The van der Waals surface area contributed by atoms with Crippen LogP contribution in [-0.2, 0) is 19.0 Å². The number of nitrogens with one attached hydrogen (secondary N) is 1. The van der Waals surface area contributed by atoms with E-state index in [1.807, 2.05) is 12.1 Å². The minimum absolute atomic E-state index is 0.00300. The average Bonchev–Trinajstić information content (AvgIpc) is 2.53. The lowest BCUT2D eigenvalue weighted by molar-refractivity contribution is 0.363. The highest BCUT2D eigenvalue weighted by Crippen LogP contribution is 2.36. The molecule has 3 rings (SSSR count). The van der Waals surface area contributed by atoms with E-state index in [4.69, 9.17) is 0 Å². The molecule has 0 radical (unpaired) electrons. The van der Waals surface area contributed by atoms with Crippen molar-refractivity contribution in [1.29, 1.82) is 0 Å². The largest absolute Gasteiger partial charge is 0.508 e. The maximum Gasteiger partial charge on any atom is 0.117 e. The van der Waals surface area contributed by atoms with Gasteiger partial charge in [-0.3, -0.25) is 0 Å². The molecule has 0 unspecified atom stereocenters. The van der Waals surface area contributed by atoms with Gasteiger partial charge < -0.3 is 15.0 Å². The van der Waals surface area contributed by atoms with Crippen LogP contribution in [0.5, 0.6) is 5.75 Å². The fourth-order valence-corrected chi connectivity index (χ4v) is 3.14. The Kier molecular flexibility index (Phi) is 2.05. The summed E-state index contributed by atoms with van der Waals surface area (Å²) in [6.07, 6.45) is 1.06. The Labute approximate surface area is 101 Å². The Morgan fingerprint density at radius 3 is 2.88 bits per heavy atom.